The summed E-state index contributed by atoms with van der Waals surface area (Å²) in [6.07, 6.45) is 0.364. The minimum Gasteiger partial charge on any atom is -0.355 e. The average molecular weight is 574 g/mol. The molecule has 0 saturated heterocycles. The molecule has 3 amide bonds. The molecule has 200 valence electrons. The zero-order valence-corrected chi connectivity index (χ0v) is 23.1. The summed E-state index contributed by atoms with van der Waals surface area (Å²) in [5.74, 6) is -1.56. The molecule has 0 saturated carbocycles. The highest BCUT2D eigenvalue weighted by atomic mass is 35.5. The second kappa shape index (κ2) is 13.5. The Hall–Kier alpha value is -3.34. The van der Waals surface area contributed by atoms with Gasteiger partial charge >= 0.3 is 0 Å². The standard InChI is InChI=1S/C27H28ClN3O5S2/c1-18(32)31-38(35,36)25-10-6-5-9-23(25)22-12-11-20(14-24(22)28)16-29-26(33)15-27(34)30-17-21(37)13-19-7-3-2-4-8-19/h2-12,14,21,37H,13,15-17H2,1H3,(H,29,33)(H,30,34)(H,31,32)/t21-/m1/s1. The molecule has 1 atom stereocenters. The van der Waals surface area contributed by atoms with Crippen molar-refractivity contribution in [3.63, 3.8) is 0 Å². The highest BCUT2D eigenvalue weighted by molar-refractivity contribution is 7.90. The van der Waals surface area contributed by atoms with E-state index in [1.807, 2.05) is 35.1 Å². The van der Waals surface area contributed by atoms with Gasteiger partial charge in [0.1, 0.15) is 6.42 Å². The first-order valence-corrected chi connectivity index (χ1v) is 14.1. The minimum atomic E-state index is -4.08. The Morgan fingerprint density at radius 2 is 1.53 bits per heavy atom. The third-order valence-corrected chi connectivity index (χ3v) is 7.61. The van der Waals surface area contributed by atoms with Gasteiger partial charge in [0.05, 0.1) is 4.90 Å². The monoisotopic (exact) mass is 573 g/mol. The van der Waals surface area contributed by atoms with Crippen molar-refractivity contribution in [3.8, 4) is 11.1 Å². The van der Waals surface area contributed by atoms with Crippen molar-refractivity contribution in [1.82, 2.24) is 15.4 Å². The number of halogens is 1. The van der Waals surface area contributed by atoms with Crippen LogP contribution in [0.25, 0.3) is 11.1 Å². The molecule has 0 fully saturated rings. The zero-order chi connectivity index (χ0) is 27.7. The number of nitrogens with one attached hydrogen (secondary N) is 3. The molecule has 0 heterocycles. The molecule has 3 aromatic rings. The number of amides is 3. The molecule has 0 aliphatic carbocycles. The Morgan fingerprint density at radius 1 is 0.868 bits per heavy atom. The first-order chi connectivity index (χ1) is 18.0. The lowest BCUT2D eigenvalue weighted by atomic mass is 10.0. The summed E-state index contributed by atoms with van der Waals surface area (Å²) >= 11 is 11.0. The predicted octanol–water partition coefficient (Wildman–Crippen LogP) is 3.50. The van der Waals surface area contributed by atoms with Crippen LogP contribution < -0.4 is 15.4 Å². The fourth-order valence-electron chi connectivity index (χ4n) is 3.72. The molecule has 11 heteroatoms. The van der Waals surface area contributed by atoms with Crippen LogP contribution in [0.4, 0.5) is 0 Å². The third kappa shape index (κ3) is 8.61. The Balaban J connectivity index is 1.55. The van der Waals surface area contributed by atoms with Gasteiger partial charge in [-0.15, -0.1) is 0 Å². The molecular weight excluding hydrogens is 546 g/mol. The number of sulfonamides is 1. The van der Waals surface area contributed by atoms with Gasteiger partial charge in [-0.3, -0.25) is 14.4 Å². The van der Waals surface area contributed by atoms with E-state index in [2.05, 4.69) is 23.3 Å². The summed E-state index contributed by atoms with van der Waals surface area (Å²) in [5.41, 5.74) is 2.55. The second-order valence-corrected chi connectivity index (χ2v) is 11.4. The van der Waals surface area contributed by atoms with Gasteiger partial charge < -0.3 is 10.6 Å². The van der Waals surface area contributed by atoms with Crippen LogP contribution in [0.1, 0.15) is 24.5 Å². The summed E-state index contributed by atoms with van der Waals surface area (Å²) < 4.78 is 27.1. The van der Waals surface area contributed by atoms with Gasteiger partial charge in [0.2, 0.25) is 17.7 Å². The molecule has 8 nitrogen and oxygen atoms in total. The summed E-state index contributed by atoms with van der Waals surface area (Å²) in [7, 11) is -4.08. The van der Waals surface area contributed by atoms with Crippen molar-refractivity contribution in [2.24, 2.45) is 0 Å². The van der Waals surface area contributed by atoms with E-state index in [0.717, 1.165) is 12.5 Å². The lowest BCUT2D eigenvalue weighted by Gasteiger charge is -2.14. The van der Waals surface area contributed by atoms with Crippen molar-refractivity contribution in [1.29, 1.82) is 0 Å². The van der Waals surface area contributed by atoms with Crippen molar-refractivity contribution < 1.29 is 22.8 Å². The number of thiol groups is 1. The maximum Gasteiger partial charge on any atom is 0.264 e. The topological polar surface area (TPSA) is 121 Å². The Morgan fingerprint density at radius 3 is 2.21 bits per heavy atom. The maximum atomic E-state index is 12.6. The number of hydrogen-bond donors (Lipinski definition) is 4. The molecular formula is C27H28ClN3O5S2. The van der Waals surface area contributed by atoms with Crippen LogP contribution in [0.5, 0.6) is 0 Å². The van der Waals surface area contributed by atoms with Gasteiger partial charge in [0.25, 0.3) is 10.0 Å². The molecule has 0 aromatic heterocycles. The average Bonchev–Trinajstić information content (AvgIpc) is 2.86. The maximum absolute atomic E-state index is 12.6. The van der Waals surface area contributed by atoms with Crippen LogP contribution >= 0.6 is 24.2 Å². The molecule has 3 rings (SSSR count). The van der Waals surface area contributed by atoms with Gasteiger partial charge in [-0.1, -0.05) is 72.3 Å². The molecule has 0 aliphatic rings. The SMILES string of the molecule is CC(=O)NS(=O)(=O)c1ccccc1-c1ccc(CNC(=O)CC(=O)NC[C@H](S)Cc2ccccc2)cc1Cl. The van der Waals surface area contributed by atoms with Crippen molar-refractivity contribution in [3.05, 3.63) is 88.9 Å². The minimum absolute atomic E-state index is 0.0802. The first kappa shape index (κ1) is 29.2. The summed E-state index contributed by atoms with van der Waals surface area (Å²) in [6, 6.07) is 20.9. The van der Waals surface area contributed by atoms with Gasteiger partial charge in [0.15, 0.2) is 0 Å². The summed E-state index contributed by atoms with van der Waals surface area (Å²) in [6.45, 7) is 1.57. The molecule has 0 bridgehead atoms. The van der Waals surface area contributed by atoms with Gasteiger partial charge in [-0.25, -0.2) is 13.1 Å². The van der Waals surface area contributed by atoms with Crippen LogP contribution in [0.3, 0.4) is 0 Å². The fraction of sp³-hybridized carbons (Fsp3) is 0.222. The van der Waals surface area contributed by atoms with Gasteiger partial charge in [-0.05, 0) is 29.7 Å². The van der Waals surface area contributed by atoms with Crippen LogP contribution in [0, 0.1) is 0 Å². The van der Waals surface area contributed by atoms with E-state index in [4.69, 9.17) is 11.6 Å². The highest BCUT2D eigenvalue weighted by Gasteiger charge is 2.21. The predicted molar refractivity (Wildman–Crippen MR) is 150 cm³/mol. The Labute approximate surface area is 232 Å². The lowest BCUT2D eigenvalue weighted by Crippen LogP contribution is -2.35. The Bertz CT molecular complexity index is 1420. The molecule has 3 aromatic carbocycles. The molecule has 0 aliphatic heterocycles. The van der Waals surface area contributed by atoms with Crippen LogP contribution in [-0.4, -0.2) is 37.9 Å². The third-order valence-electron chi connectivity index (χ3n) is 5.44. The van der Waals surface area contributed by atoms with Gasteiger partial charge in [-0.2, -0.15) is 12.6 Å². The van der Waals surface area contributed by atoms with Crippen LogP contribution in [-0.2, 0) is 37.4 Å². The van der Waals surface area contributed by atoms with E-state index >= 15 is 0 Å². The van der Waals surface area contributed by atoms with E-state index in [-0.39, 0.29) is 28.1 Å². The summed E-state index contributed by atoms with van der Waals surface area (Å²) in [4.78, 5) is 35.7. The number of hydrogen-bond acceptors (Lipinski definition) is 6. The molecule has 0 unspecified atom stereocenters. The first-order valence-electron chi connectivity index (χ1n) is 11.7. The quantitative estimate of drug-likeness (QED) is 0.207. The number of rotatable bonds is 11. The van der Waals surface area contributed by atoms with Gasteiger partial charge in [0, 0.05) is 41.4 Å². The molecule has 38 heavy (non-hydrogen) atoms. The second-order valence-electron chi connectivity index (χ2n) is 8.57. The number of benzene rings is 3. The van der Waals surface area contributed by atoms with E-state index in [1.165, 1.54) is 6.07 Å². The molecule has 0 spiro atoms. The van der Waals surface area contributed by atoms with Crippen molar-refractivity contribution in [2.45, 2.75) is 36.5 Å². The lowest BCUT2D eigenvalue weighted by molar-refractivity contribution is -0.129. The Kier molecular flexibility index (Phi) is 10.3. The highest BCUT2D eigenvalue weighted by Crippen LogP contribution is 2.33. The smallest absolute Gasteiger partial charge is 0.264 e. The number of carbonyl (C=O) groups excluding carboxylic acids is 3. The van der Waals surface area contributed by atoms with E-state index in [9.17, 15) is 22.8 Å². The largest absolute Gasteiger partial charge is 0.355 e. The van der Waals surface area contributed by atoms with Crippen LogP contribution in [0.2, 0.25) is 5.02 Å². The fourth-order valence-corrected chi connectivity index (χ4v) is 5.54. The molecule has 3 N–H and O–H groups in total. The van der Waals surface area contributed by atoms with Crippen LogP contribution in [0.15, 0.2) is 77.7 Å². The normalized spacial score (nSPS) is 11.9. The molecule has 0 radical (unpaired) electrons. The number of carbonyl (C=O) groups is 3. The van der Waals surface area contributed by atoms with E-state index in [1.54, 1.807) is 36.4 Å². The van der Waals surface area contributed by atoms with E-state index < -0.39 is 27.7 Å². The zero-order valence-electron chi connectivity index (χ0n) is 20.6. The van der Waals surface area contributed by atoms with Crippen molar-refractivity contribution >= 4 is 52.0 Å². The van der Waals surface area contributed by atoms with E-state index in [0.29, 0.717) is 29.7 Å². The summed E-state index contributed by atoms with van der Waals surface area (Å²) in [5, 5.41) is 5.59. The van der Waals surface area contributed by atoms with Crippen molar-refractivity contribution in [2.75, 3.05) is 6.54 Å².